The highest BCUT2D eigenvalue weighted by Crippen LogP contribution is 2.18. The van der Waals surface area contributed by atoms with Gasteiger partial charge in [0.05, 0.1) is 12.6 Å². The summed E-state index contributed by atoms with van der Waals surface area (Å²) in [6.07, 6.45) is 5.08. The van der Waals surface area contributed by atoms with Gasteiger partial charge in [-0.2, -0.15) is 4.98 Å². The van der Waals surface area contributed by atoms with E-state index in [9.17, 15) is 5.11 Å². The Balaban J connectivity index is 1.71. The zero-order valence-electron chi connectivity index (χ0n) is 8.02. The smallest absolute Gasteiger partial charge is 0.213 e. The molecule has 0 atom stereocenters. The quantitative estimate of drug-likeness (QED) is 0.736. The molecule has 0 aliphatic heterocycles. The number of rotatable bonds is 3. The maximum atomic E-state index is 9.31. The van der Waals surface area contributed by atoms with E-state index in [-0.39, 0.29) is 6.10 Å². The van der Waals surface area contributed by atoms with Crippen LogP contribution in [0.3, 0.4) is 0 Å². The van der Waals surface area contributed by atoms with Gasteiger partial charge in [-0.25, -0.2) is 0 Å². The van der Waals surface area contributed by atoms with Crippen LogP contribution in [0.5, 0.6) is 0 Å². The molecular formula is C9H15N3O2. The Labute approximate surface area is 82.5 Å². The normalized spacial score (nSPS) is 27.8. The summed E-state index contributed by atoms with van der Waals surface area (Å²) in [7, 11) is 0. The topological polar surface area (TPSA) is 71.2 Å². The van der Waals surface area contributed by atoms with E-state index in [1.165, 1.54) is 6.39 Å². The van der Waals surface area contributed by atoms with Crippen molar-refractivity contribution in [2.45, 2.75) is 44.4 Å². The molecule has 1 saturated carbocycles. The molecule has 0 aromatic carbocycles. The van der Waals surface area contributed by atoms with Gasteiger partial charge in [-0.15, -0.1) is 0 Å². The third-order valence-corrected chi connectivity index (χ3v) is 2.65. The lowest BCUT2D eigenvalue weighted by Crippen LogP contribution is -2.34. The predicted molar refractivity (Wildman–Crippen MR) is 49.4 cm³/mol. The standard InChI is InChI=1S/C9H15N3O2/c13-8-3-1-7(2-4-8)10-5-9-11-6-14-12-9/h6-8,10,13H,1-5H2. The van der Waals surface area contributed by atoms with Crippen molar-refractivity contribution >= 4 is 0 Å². The van der Waals surface area contributed by atoms with Crippen LogP contribution < -0.4 is 5.32 Å². The van der Waals surface area contributed by atoms with Gasteiger partial charge in [0.15, 0.2) is 5.82 Å². The lowest BCUT2D eigenvalue weighted by Gasteiger charge is -2.25. The van der Waals surface area contributed by atoms with E-state index < -0.39 is 0 Å². The lowest BCUT2D eigenvalue weighted by molar-refractivity contribution is 0.116. The third-order valence-electron chi connectivity index (χ3n) is 2.65. The van der Waals surface area contributed by atoms with E-state index in [1.54, 1.807) is 0 Å². The molecule has 1 aliphatic carbocycles. The molecule has 2 rings (SSSR count). The highest BCUT2D eigenvalue weighted by molar-refractivity contribution is 4.81. The van der Waals surface area contributed by atoms with Crippen molar-refractivity contribution in [1.29, 1.82) is 0 Å². The Morgan fingerprint density at radius 2 is 2.21 bits per heavy atom. The summed E-state index contributed by atoms with van der Waals surface area (Å²) in [5, 5.41) is 16.4. The van der Waals surface area contributed by atoms with Crippen LogP contribution in [0.15, 0.2) is 10.9 Å². The average molecular weight is 197 g/mol. The molecule has 0 bridgehead atoms. The largest absolute Gasteiger partial charge is 0.393 e. The van der Waals surface area contributed by atoms with Gasteiger partial charge >= 0.3 is 0 Å². The summed E-state index contributed by atoms with van der Waals surface area (Å²) < 4.78 is 4.63. The third kappa shape index (κ3) is 2.52. The molecule has 1 heterocycles. The molecule has 0 spiro atoms. The van der Waals surface area contributed by atoms with Gasteiger partial charge < -0.3 is 14.9 Å². The van der Waals surface area contributed by atoms with Crippen molar-refractivity contribution in [2.75, 3.05) is 0 Å². The summed E-state index contributed by atoms with van der Waals surface area (Å²) in [6, 6.07) is 0.483. The maximum Gasteiger partial charge on any atom is 0.213 e. The van der Waals surface area contributed by atoms with Gasteiger partial charge in [0.1, 0.15) is 0 Å². The first-order valence-corrected chi connectivity index (χ1v) is 5.01. The zero-order valence-corrected chi connectivity index (χ0v) is 8.02. The van der Waals surface area contributed by atoms with Gasteiger partial charge in [0.2, 0.25) is 6.39 Å². The molecule has 0 saturated heterocycles. The number of hydrogen-bond acceptors (Lipinski definition) is 5. The molecule has 2 N–H and O–H groups in total. The zero-order chi connectivity index (χ0) is 9.80. The maximum absolute atomic E-state index is 9.31. The molecule has 0 amide bonds. The molecule has 1 aliphatic rings. The van der Waals surface area contributed by atoms with Gasteiger partial charge in [0.25, 0.3) is 0 Å². The molecule has 1 fully saturated rings. The van der Waals surface area contributed by atoms with E-state index in [2.05, 4.69) is 20.0 Å². The minimum absolute atomic E-state index is 0.0989. The molecule has 0 radical (unpaired) electrons. The van der Waals surface area contributed by atoms with Crippen molar-refractivity contribution in [1.82, 2.24) is 15.5 Å². The van der Waals surface area contributed by atoms with Crippen LogP contribution in [0, 0.1) is 0 Å². The van der Waals surface area contributed by atoms with Gasteiger partial charge in [-0.3, -0.25) is 0 Å². The molecular weight excluding hydrogens is 182 g/mol. The second-order valence-electron chi connectivity index (χ2n) is 3.73. The summed E-state index contributed by atoms with van der Waals surface area (Å²) >= 11 is 0. The summed E-state index contributed by atoms with van der Waals surface area (Å²) in [5.41, 5.74) is 0. The van der Waals surface area contributed by atoms with Crippen LogP contribution in [-0.2, 0) is 6.54 Å². The fourth-order valence-electron chi connectivity index (χ4n) is 1.79. The van der Waals surface area contributed by atoms with Crippen molar-refractivity contribution in [2.24, 2.45) is 0 Å². The number of nitrogens with one attached hydrogen (secondary N) is 1. The monoisotopic (exact) mass is 197 g/mol. The Hall–Kier alpha value is -0.940. The number of aromatic nitrogens is 2. The van der Waals surface area contributed by atoms with Crippen LogP contribution in [0.1, 0.15) is 31.5 Å². The fourth-order valence-corrected chi connectivity index (χ4v) is 1.79. The van der Waals surface area contributed by atoms with Crippen LogP contribution in [0.2, 0.25) is 0 Å². The molecule has 1 aromatic rings. The summed E-state index contributed by atoms with van der Waals surface area (Å²) in [5.74, 6) is 0.691. The highest BCUT2D eigenvalue weighted by Gasteiger charge is 2.18. The number of aliphatic hydroxyl groups excluding tert-OH is 1. The molecule has 0 unspecified atom stereocenters. The first-order valence-electron chi connectivity index (χ1n) is 5.01. The van der Waals surface area contributed by atoms with E-state index in [0.29, 0.717) is 18.4 Å². The Morgan fingerprint density at radius 1 is 1.43 bits per heavy atom. The first-order chi connectivity index (χ1) is 6.84. The first kappa shape index (κ1) is 9.61. The number of aliphatic hydroxyl groups is 1. The molecule has 78 valence electrons. The lowest BCUT2D eigenvalue weighted by atomic mass is 9.93. The van der Waals surface area contributed by atoms with Crippen LogP contribution in [-0.4, -0.2) is 27.4 Å². The molecule has 5 nitrogen and oxygen atoms in total. The highest BCUT2D eigenvalue weighted by atomic mass is 16.5. The molecule has 5 heteroatoms. The SMILES string of the molecule is OC1CCC(NCc2ncon2)CC1. The van der Waals surface area contributed by atoms with Crippen molar-refractivity contribution in [3.05, 3.63) is 12.2 Å². The van der Waals surface area contributed by atoms with Gasteiger partial charge in [-0.05, 0) is 25.7 Å². The minimum atomic E-state index is -0.0989. The van der Waals surface area contributed by atoms with E-state index >= 15 is 0 Å². The Morgan fingerprint density at radius 3 is 2.86 bits per heavy atom. The van der Waals surface area contributed by atoms with Crippen molar-refractivity contribution in [3.63, 3.8) is 0 Å². The van der Waals surface area contributed by atoms with Crippen LogP contribution in [0.4, 0.5) is 0 Å². The number of nitrogens with zero attached hydrogens (tertiary/aromatic N) is 2. The summed E-state index contributed by atoms with van der Waals surface area (Å²) in [4.78, 5) is 3.93. The summed E-state index contributed by atoms with van der Waals surface area (Å²) in [6.45, 7) is 0.650. The van der Waals surface area contributed by atoms with E-state index in [4.69, 9.17) is 0 Å². The van der Waals surface area contributed by atoms with E-state index in [1.807, 2.05) is 0 Å². The second kappa shape index (κ2) is 4.52. The van der Waals surface area contributed by atoms with Gasteiger partial charge in [-0.1, -0.05) is 5.16 Å². The Kier molecular flexibility index (Phi) is 3.10. The van der Waals surface area contributed by atoms with Crippen molar-refractivity contribution in [3.8, 4) is 0 Å². The van der Waals surface area contributed by atoms with Gasteiger partial charge in [0, 0.05) is 6.04 Å². The second-order valence-corrected chi connectivity index (χ2v) is 3.73. The number of hydrogen-bond donors (Lipinski definition) is 2. The van der Waals surface area contributed by atoms with Crippen LogP contribution >= 0.6 is 0 Å². The minimum Gasteiger partial charge on any atom is -0.393 e. The fraction of sp³-hybridized carbons (Fsp3) is 0.778. The van der Waals surface area contributed by atoms with Crippen LogP contribution in [0.25, 0.3) is 0 Å². The molecule has 14 heavy (non-hydrogen) atoms. The molecule has 1 aromatic heterocycles. The predicted octanol–water partition coefficient (Wildman–Crippen LogP) is 0.463. The van der Waals surface area contributed by atoms with E-state index in [0.717, 1.165) is 25.7 Å². The van der Waals surface area contributed by atoms with Crippen molar-refractivity contribution < 1.29 is 9.63 Å². The Bertz CT molecular complexity index is 255. The average Bonchev–Trinajstić information content (AvgIpc) is 2.70.